The molecule has 0 radical (unpaired) electrons. The number of carboxylic acid groups (broad SMARTS) is 2. The summed E-state index contributed by atoms with van der Waals surface area (Å²) in [6.45, 7) is 6.90. The molecule has 0 aromatic heterocycles. The minimum atomic E-state index is -1.33. The van der Waals surface area contributed by atoms with E-state index in [0.717, 1.165) is 0 Å². The molecule has 0 saturated carbocycles. The van der Waals surface area contributed by atoms with Gasteiger partial charge in [-0.15, -0.1) is 0 Å². The number of nitrogens with two attached hydrogens (primary N) is 1. The van der Waals surface area contributed by atoms with Crippen LogP contribution in [-0.2, 0) is 49.6 Å². The highest BCUT2D eigenvalue weighted by atomic mass is 32.1. The number of amides is 7. The molecule has 2 rings (SSSR count). The first-order valence-electron chi connectivity index (χ1n) is 19.8. The molecule has 1 saturated heterocycles. The molecule has 19 nitrogen and oxygen atoms in total. The van der Waals surface area contributed by atoms with E-state index < -0.39 is 109 Å². The van der Waals surface area contributed by atoms with Gasteiger partial charge in [-0.3, -0.25) is 38.4 Å². The number of nitrogens with one attached hydrogen (secondary N) is 6. The van der Waals surface area contributed by atoms with Gasteiger partial charge in [0.25, 0.3) is 0 Å². The van der Waals surface area contributed by atoms with Crippen LogP contribution in [0.4, 0.5) is 0 Å². The number of likely N-dealkylation sites (tertiary alicyclic amines) is 1. The highest BCUT2D eigenvalue weighted by Gasteiger charge is 2.37. The van der Waals surface area contributed by atoms with E-state index in [2.05, 4.69) is 57.2 Å². The molecule has 1 aliphatic heterocycles. The molecule has 21 heteroatoms. The van der Waals surface area contributed by atoms with E-state index in [9.17, 15) is 48.3 Å². The summed E-state index contributed by atoms with van der Waals surface area (Å²) >= 11 is 8.37. The number of thiol groups is 2. The maximum Gasteiger partial charge on any atom is 0.326 e. The molecular formula is C39H60N8O11S2. The minimum Gasteiger partial charge on any atom is -0.481 e. The Labute approximate surface area is 360 Å². The number of benzene rings is 1. The Morgan fingerprint density at radius 2 is 1.25 bits per heavy atom. The van der Waals surface area contributed by atoms with Crippen LogP contribution >= 0.6 is 25.3 Å². The van der Waals surface area contributed by atoms with Crippen molar-refractivity contribution in [3.8, 4) is 0 Å². The van der Waals surface area contributed by atoms with Crippen molar-refractivity contribution in [1.82, 2.24) is 36.8 Å². The minimum absolute atomic E-state index is 0.0169. The summed E-state index contributed by atoms with van der Waals surface area (Å²) in [4.78, 5) is 117. The van der Waals surface area contributed by atoms with Gasteiger partial charge in [-0.05, 0) is 49.5 Å². The van der Waals surface area contributed by atoms with Gasteiger partial charge in [0.15, 0.2) is 0 Å². The van der Waals surface area contributed by atoms with Crippen LogP contribution in [0.2, 0.25) is 0 Å². The fraction of sp³-hybridized carbons (Fsp3) is 0.615. The van der Waals surface area contributed by atoms with E-state index in [1.165, 1.54) is 4.90 Å². The number of hydrogen-bond acceptors (Lipinski definition) is 12. The van der Waals surface area contributed by atoms with Crippen LogP contribution in [0.3, 0.4) is 0 Å². The van der Waals surface area contributed by atoms with Gasteiger partial charge in [-0.25, -0.2) is 4.79 Å². The van der Waals surface area contributed by atoms with Crippen LogP contribution in [0.25, 0.3) is 0 Å². The zero-order chi connectivity index (χ0) is 45.1. The van der Waals surface area contributed by atoms with Gasteiger partial charge >= 0.3 is 11.9 Å². The lowest BCUT2D eigenvalue weighted by atomic mass is 10.0. The van der Waals surface area contributed by atoms with E-state index in [0.29, 0.717) is 18.4 Å². The van der Waals surface area contributed by atoms with Crippen molar-refractivity contribution in [3.05, 3.63) is 35.9 Å². The molecule has 0 aliphatic carbocycles. The molecular weight excluding hydrogens is 821 g/mol. The summed E-state index contributed by atoms with van der Waals surface area (Å²) < 4.78 is 0. The Bertz CT molecular complexity index is 1670. The molecule has 7 unspecified atom stereocenters. The van der Waals surface area contributed by atoms with E-state index in [1.54, 1.807) is 30.3 Å². The quantitative estimate of drug-likeness (QED) is 0.0527. The van der Waals surface area contributed by atoms with E-state index >= 15 is 0 Å². The Kier molecular flexibility index (Phi) is 21.9. The summed E-state index contributed by atoms with van der Waals surface area (Å²) in [6, 6.07) is 0.460. The van der Waals surface area contributed by atoms with Crippen LogP contribution in [0.5, 0.6) is 0 Å². The standard InChI is InChI=1S/C39H60N8O11S2/c1-21(2)15-24(40)33(51)42-25(12-13-32(49)50)35(53)45-28(19-59)34(52)41-18-31(48)47-14-8-11-30(47)38(56)46-29(20-60)37(55)43-26(17-23-9-6-5-7-10-23)36(54)44-27(39(57)58)16-22(3)4/h5-7,9-10,21-22,24-30,59-60H,8,11-20,40H2,1-4H3,(H,41,52)(H,42,51)(H,43,55)(H,44,54)(H,45,53)(H,46,56)(H,49,50)(H,57,58). The van der Waals surface area contributed by atoms with Gasteiger partial charge in [-0.2, -0.15) is 25.3 Å². The Morgan fingerprint density at radius 1 is 0.717 bits per heavy atom. The lowest BCUT2D eigenvalue weighted by Crippen LogP contribution is -2.59. The number of carboxylic acids is 2. The summed E-state index contributed by atoms with van der Waals surface area (Å²) in [5, 5.41) is 33.9. The number of hydrogen-bond donors (Lipinski definition) is 11. The number of rotatable bonds is 25. The molecule has 0 bridgehead atoms. The first-order valence-corrected chi connectivity index (χ1v) is 21.1. The summed E-state index contributed by atoms with van der Waals surface area (Å²) in [7, 11) is 0. The monoisotopic (exact) mass is 880 g/mol. The number of carbonyl (C=O) groups excluding carboxylic acids is 7. The molecule has 1 fully saturated rings. The fourth-order valence-corrected chi connectivity index (χ4v) is 6.89. The fourth-order valence-electron chi connectivity index (χ4n) is 6.38. The number of aliphatic carboxylic acids is 2. The smallest absolute Gasteiger partial charge is 0.326 e. The summed E-state index contributed by atoms with van der Waals surface area (Å²) in [5.74, 6) is -8.00. The van der Waals surface area contributed by atoms with Crippen LogP contribution in [0.15, 0.2) is 30.3 Å². The third kappa shape index (κ3) is 17.4. The van der Waals surface area contributed by atoms with Crippen molar-refractivity contribution >= 4 is 78.5 Å². The number of carbonyl (C=O) groups is 9. The second kappa shape index (κ2) is 25.7. The predicted octanol–water partition coefficient (Wildman–Crippen LogP) is -1.01. The summed E-state index contributed by atoms with van der Waals surface area (Å²) in [5.41, 5.74) is 6.61. The molecule has 7 amide bonds. The summed E-state index contributed by atoms with van der Waals surface area (Å²) in [6.07, 6.45) is 0.390. The molecule has 1 heterocycles. The third-order valence-corrected chi connectivity index (χ3v) is 10.2. The predicted molar refractivity (Wildman–Crippen MR) is 227 cm³/mol. The molecule has 1 aromatic rings. The SMILES string of the molecule is CC(C)CC(N)C(=O)NC(CCC(=O)O)C(=O)NC(CS)C(=O)NCC(=O)N1CCCC1C(=O)NC(CS)C(=O)NC(Cc1ccccc1)C(=O)NC(CC(C)C)C(=O)O. The van der Waals surface area contributed by atoms with Gasteiger partial charge in [-0.1, -0.05) is 58.0 Å². The molecule has 1 aromatic carbocycles. The largest absolute Gasteiger partial charge is 0.481 e. The van der Waals surface area contributed by atoms with Crippen molar-refractivity contribution in [3.63, 3.8) is 0 Å². The van der Waals surface area contributed by atoms with Gasteiger partial charge in [0.05, 0.1) is 12.6 Å². The number of nitrogens with zero attached hydrogens (tertiary/aromatic N) is 1. The molecule has 0 spiro atoms. The van der Waals surface area contributed by atoms with Crippen molar-refractivity contribution in [2.24, 2.45) is 17.6 Å². The van der Waals surface area contributed by atoms with Gasteiger partial charge in [0.1, 0.15) is 36.3 Å². The van der Waals surface area contributed by atoms with Crippen molar-refractivity contribution < 1.29 is 53.4 Å². The topological polar surface area (TPSA) is 296 Å². The normalized spacial score (nSPS) is 16.7. The van der Waals surface area contributed by atoms with Gasteiger partial charge in [0, 0.05) is 30.9 Å². The van der Waals surface area contributed by atoms with Crippen molar-refractivity contribution in [1.29, 1.82) is 0 Å². The maximum absolute atomic E-state index is 13.5. The second-order valence-corrected chi connectivity index (χ2v) is 16.2. The Hall–Kier alpha value is -4.89. The Morgan fingerprint density at radius 3 is 1.82 bits per heavy atom. The molecule has 1 aliphatic rings. The highest BCUT2D eigenvalue weighted by molar-refractivity contribution is 7.80. The highest BCUT2D eigenvalue weighted by Crippen LogP contribution is 2.18. The van der Waals surface area contributed by atoms with Crippen molar-refractivity contribution in [2.45, 2.75) is 115 Å². The maximum atomic E-state index is 13.5. The zero-order valence-corrected chi connectivity index (χ0v) is 36.1. The lowest BCUT2D eigenvalue weighted by Gasteiger charge is -2.28. The molecule has 334 valence electrons. The molecule has 10 N–H and O–H groups in total. The van der Waals surface area contributed by atoms with Crippen LogP contribution in [0.1, 0.15) is 71.8 Å². The lowest BCUT2D eigenvalue weighted by molar-refractivity contribution is -0.143. The Balaban J connectivity index is 2.09. The average molecular weight is 881 g/mol. The van der Waals surface area contributed by atoms with Gasteiger partial charge < -0.3 is 52.7 Å². The van der Waals surface area contributed by atoms with Crippen LogP contribution in [-0.4, -0.2) is 135 Å². The van der Waals surface area contributed by atoms with Gasteiger partial charge in [0.2, 0.25) is 41.4 Å². The van der Waals surface area contributed by atoms with Crippen LogP contribution in [0, 0.1) is 11.8 Å². The van der Waals surface area contributed by atoms with E-state index in [4.69, 9.17) is 10.8 Å². The first-order chi connectivity index (χ1) is 28.3. The average Bonchev–Trinajstić information content (AvgIpc) is 3.69. The van der Waals surface area contributed by atoms with Crippen LogP contribution < -0.4 is 37.6 Å². The first kappa shape index (κ1) is 51.3. The molecule has 7 atom stereocenters. The van der Waals surface area contributed by atoms with E-state index in [-0.39, 0.29) is 55.6 Å². The molecule has 60 heavy (non-hydrogen) atoms. The third-order valence-electron chi connectivity index (χ3n) is 9.50. The second-order valence-electron chi connectivity index (χ2n) is 15.5. The zero-order valence-electron chi connectivity index (χ0n) is 34.3. The van der Waals surface area contributed by atoms with Crippen molar-refractivity contribution in [2.75, 3.05) is 24.6 Å². The van der Waals surface area contributed by atoms with E-state index in [1.807, 2.05) is 27.7 Å².